The van der Waals surface area contributed by atoms with Gasteiger partial charge in [-0.05, 0) is 45.6 Å². The summed E-state index contributed by atoms with van der Waals surface area (Å²) in [6, 6.07) is 6.72. The van der Waals surface area contributed by atoms with Gasteiger partial charge in [0.2, 0.25) is 0 Å². The van der Waals surface area contributed by atoms with Gasteiger partial charge in [0, 0.05) is 27.2 Å². The Morgan fingerprint density at radius 1 is 1.35 bits per heavy atom. The first-order valence-electron chi connectivity index (χ1n) is 7.70. The highest BCUT2D eigenvalue weighted by atomic mass is 19.1. The fourth-order valence-electron chi connectivity index (χ4n) is 2.10. The predicted molar refractivity (Wildman–Crippen MR) is 93.3 cm³/mol. The summed E-state index contributed by atoms with van der Waals surface area (Å²) in [4.78, 5) is 6.26. The molecule has 0 aliphatic heterocycles. The van der Waals surface area contributed by atoms with E-state index in [0.717, 1.165) is 5.56 Å². The first-order valence-corrected chi connectivity index (χ1v) is 7.70. The minimum Gasteiger partial charge on any atom is -0.377 e. The van der Waals surface area contributed by atoms with E-state index in [2.05, 4.69) is 15.6 Å². The van der Waals surface area contributed by atoms with Crippen LogP contribution < -0.4 is 10.6 Å². The summed E-state index contributed by atoms with van der Waals surface area (Å²) in [6.45, 7) is 5.25. The van der Waals surface area contributed by atoms with Gasteiger partial charge in [-0.1, -0.05) is 12.1 Å². The van der Waals surface area contributed by atoms with Crippen molar-refractivity contribution in [3.05, 3.63) is 35.6 Å². The Bertz CT molecular complexity index is 517. The molecule has 5 nitrogen and oxygen atoms in total. The summed E-state index contributed by atoms with van der Waals surface area (Å²) in [5.41, 5.74) is 0.649. The Balaban J connectivity index is 2.67. The number of methoxy groups -OCH3 is 1. The van der Waals surface area contributed by atoms with Gasteiger partial charge in [0.25, 0.3) is 0 Å². The molecular formula is C17H29FN4O. The molecule has 0 aliphatic rings. The van der Waals surface area contributed by atoms with Crippen molar-refractivity contribution in [3.8, 4) is 0 Å². The zero-order valence-electron chi connectivity index (χ0n) is 15.0. The lowest BCUT2D eigenvalue weighted by molar-refractivity contribution is 0.0268. The molecule has 0 radical (unpaired) electrons. The molecule has 0 saturated carbocycles. The van der Waals surface area contributed by atoms with Crippen molar-refractivity contribution in [2.75, 3.05) is 41.3 Å². The van der Waals surface area contributed by atoms with Crippen molar-refractivity contribution in [3.63, 3.8) is 0 Å². The summed E-state index contributed by atoms with van der Waals surface area (Å²) >= 11 is 0. The third-order valence-electron chi connectivity index (χ3n) is 3.78. The van der Waals surface area contributed by atoms with Gasteiger partial charge in [0.1, 0.15) is 5.82 Å². The normalized spacial score (nSPS) is 14.0. The number of hydrogen-bond donors (Lipinski definition) is 2. The minimum absolute atomic E-state index is 0.0414. The van der Waals surface area contributed by atoms with Crippen LogP contribution >= 0.6 is 0 Å². The monoisotopic (exact) mass is 324 g/mol. The van der Waals surface area contributed by atoms with Crippen LogP contribution in [-0.4, -0.2) is 57.8 Å². The number of guanidine groups is 1. The summed E-state index contributed by atoms with van der Waals surface area (Å²) in [5, 5.41) is 6.52. The second kappa shape index (κ2) is 8.84. The second-order valence-corrected chi connectivity index (χ2v) is 6.30. The molecule has 130 valence electrons. The van der Waals surface area contributed by atoms with Crippen molar-refractivity contribution in [2.24, 2.45) is 4.99 Å². The van der Waals surface area contributed by atoms with E-state index in [9.17, 15) is 4.39 Å². The summed E-state index contributed by atoms with van der Waals surface area (Å²) in [5.74, 6) is 0.470. The number of nitrogens with one attached hydrogen (secondary N) is 2. The molecule has 0 saturated heterocycles. The van der Waals surface area contributed by atoms with Gasteiger partial charge in [-0.25, -0.2) is 4.39 Å². The zero-order chi connectivity index (χ0) is 17.5. The van der Waals surface area contributed by atoms with Gasteiger partial charge in [-0.15, -0.1) is 0 Å². The molecule has 0 bridgehead atoms. The molecule has 0 aromatic heterocycles. The van der Waals surface area contributed by atoms with Crippen LogP contribution in [0.4, 0.5) is 4.39 Å². The standard InChI is InChI=1S/C17H29FN4O/c1-17(2,23-6)12-21-16(19-3)20-11-15(22(4)5)13-8-7-9-14(18)10-13/h7-10,15H,11-12H2,1-6H3,(H2,19,20,21). The molecular weight excluding hydrogens is 295 g/mol. The highest BCUT2D eigenvalue weighted by molar-refractivity contribution is 5.79. The van der Waals surface area contributed by atoms with E-state index in [1.807, 2.05) is 38.9 Å². The van der Waals surface area contributed by atoms with Crippen molar-refractivity contribution in [1.82, 2.24) is 15.5 Å². The van der Waals surface area contributed by atoms with Crippen molar-refractivity contribution in [2.45, 2.75) is 25.5 Å². The van der Waals surface area contributed by atoms with Crippen LogP contribution in [0.15, 0.2) is 29.3 Å². The molecule has 2 N–H and O–H groups in total. The van der Waals surface area contributed by atoms with Crippen LogP contribution in [0, 0.1) is 5.82 Å². The fourth-order valence-corrected chi connectivity index (χ4v) is 2.10. The van der Waals surface area contributed by atoms with Gasteiger partial charge in [0.15, 0.2) is 5.96 Å². The van der Waals surface area contributed by atoms with Crippen LogP contribution in [0.2, 0.25) is 0 Å². The maximum atomic E-state index is 13.5. The maximum Gasteiger partial charge on any atom is 0.191 e. The van der Waals surface area contributed by atoms with E-state index in [-0.39, 0.29) is 17.5 Å². The lowest BCUT2D eigenvalue weighted by atomic mass is 10.1. The van der Waals surface area contributed by atoms with Crippen LogP contribution in [0.25, 0.3) is 0 Å². The molecule has 1 atom stereocenters. The zero-order valence-corrected chi connectivity index (χ0v) is 15.0. The van der Waals surface area contributed by atoms with Crippen LogP contribution in [-0.2, 0) is 4.74 Å². The SMILES string of the molecule is CN=C(NCC(c1cccc(F)c1)N(C)C)NCC(C)(C)OC. The number of halogens is 1. The lowest BCUT2D eigenvalue weighted by Gasteiger charge is -2.28. The van der Waals surface area contributed by atoms with Gasteiger partial charge < -0.3 is 20.3 Å². The molecule has 0 spiro atoms. The van der Waals surface area contributed by atoms with Gasteiger partial charge in [-0.2, -0.15) is 0 Å². The van der Waals surface area contributed by atoms with Crippen LogP contribution in [0.1, 0.15) is 25.5 Å². The number of nitrogens with zero attached hydrogens (tertiary/aromatic N) is 2. The second-order valence-electron chi connectivity index (χ2n) is 6.30. The Kier molecular flexibility index (Phi) is 7.45. The van der Waals surface area contributed by atoms with Crippen molar-refractivity contribution in [1.29, 1.82) is 0 Å². The Labute approximate surface area is 138 Å². The predicted octanol–water partition coefficient (Wildman–Crippen LogP) is 2.02. The third kappa shape index (κ3) is 6.54. The van der Waals surface area contributed by atoms with Gasteiger partial charge in [0.05, 0.1) is 11.6 Å². The molecule has 0 amide bonds. The molecule has 6 heteroatoms. The Hall–Kier alpha value is -1.66. The number of rotatable bonds is 7. The molecule has 0 heterocycles. The van der Waals surface area contributed by atoms with Gasteiger partial charge in [-0.3, -0.25) is 4.99 Å². The average Bonchev–Trinajstić information content (AvgIpc) is 2.50. The maximum absolute atomic E-state index is 13.5. The molecule has 1 aromatic rings. The summed E-state index contributed by atoms with van der Waals surface area (Å²) < 4.78 is 18.8. The molecule has 23 heavy (non-hydrogen) atoms. The summed E-state index contributed by atoms with van der Waals surface area (Å²) in [6.07, 6.45) is 0. The molecule has 1 unspecified atom stereocenters. The highest BCUT2D eigenvalue weighted by Crippen LogP contribution is 2.18. The quantitative estimate of drug-likeness (QED) is 0.595. The van der Waals surface area contributed by atoms with Crippen LogP contribution in [0.3, 0.4) is 0 Å². The topological polar surface area (TPSA) is 48.9 Å². The van der Waals surface area contributed by atoms with Gasteiger partial charge >= 0.3 is 0 Å². The van der Waals surface area contributed by atoms with E-state index in [1.165, 1.54) is 6.07 Å². The smallest absolute Gasteiger partial charge is 0.191 e. The number of ether oxygens (including phenoxy) is 1. The Morgan fingerprint density at radius 3 is 2.57 bits per heavy atom. The number of likely N-dealkylation sites (N-methyl/N-ethyl adjacent to an activating group) is 1. The third-order valence-corrected chi connectivity index (χ3v) is 3.78. The van der Waals surface area contributed by atoms with E-state index in [4.69, 9.17) is 4.74 Å². The van der Waals surface area contributed by atoms with E-state index < -0.39 is 0 Å². The minimum atomic E-state index is -0.277. The van der Waals surface area contributed by atoms with Crippen molar-refractivity contribution < 1.29 is 9.13 Å². The van der Waals surface area contributed by atoms with E-state index >= 15 is 0 Å². The first kappa shape index (κ1) is 19.4. The molecule has 0 fully saturated rings. The lowest BCUT2D eigenvalue weighted by Crippen LogP contribution is -2.47. The highest BCUT2D eigenvalue weighted by Gasteiger charge is 2.18. The molecule has 1 aromatic carbocycles. The number of aliphatic imine (C=N–C) groups is 1. The van der Waals surface area contributed by atoms with Crippen LogP contribution in [0.5, 0.6) is 0 Å². The Morgan fingerprint density at radius 2 is 2.04 bits per heavy atom. The molecule has 0 aliphatic carbocycles. The van der Waals surface area contributed by atoms with E-state index in [0.29, 0.717) is 19.0 Å². The largest absolute Gasteiger partial charge is 0.377 e. The van der Waals surface area contributed by atoms with Crippen molar-refractivity contribution >= 4 is 5.96 Å². The number of benzene rings is 1. The fraction of sp³-hybridized carbons (Fsp3) is 0.588. The molecule has 1 rings (SSSR count). The van der Waals surface area contributed by atoms with E-state index in [1.54, 1.807) is 26.3 Å². The first-order chi connectivity index (χ1) is 10.8. The average molecular weight is 324 g/mol. The number of hydrogen-bond acceptors (Lipinski definition) is 3. The summed E-state index contributed by atoms with van der Waals surface area (Å²) in [7, 11) is 7.36.